The molecule has 0 spiro atoms. The molecule has 0 aliphatic heterocycles. The highest BCUT2D eigenvalue weighted by Crippen LogP contribution is 2.50. The van der Waals surface area contributed by atoms with E-state index in [1.165, 1.54) is 0 Å². The lowest BCUT2D eigenvalue weighted by molar-refractivity contribution is -0.140. The first-order valence-corrected chi connectivity index (χ1v) is 12.8. The number of aliphatic carboxylic acids is 1. The normalized spacial score (nSPS) is 13.6. The van der Waals surface area contributed by atoms with Crippen LogP contribution >= 0.6 is 0 Å². The summed E-state index contributed by atoms with van der Waals surface area (Å²) in [6, 6.07) is 29.3. The van der Waals surface area contributed by atoms with Crippen molar-refractivity contribution in [2.75, 3.05) is 12.4 Å². The molecule has 7 nitrogen and oxygen atoms in total. The van der Waals surface area contributed by atoms with E-state index < -0.39 is 11.4 Å². The zero-order valence-corrected chi connectivity index (χ0v) is 21.6. The lowest BCUT2D eigenvalue weighted by Crippen LogP contribution is -2.19. The van der Waals surface area contributed by atoms with Crippen LogP contribution in [0.3, 0.4) is 0 Å². The summed E-state index contributed by atoms with van der Waals surface area (Å²) in [4.78, 5) is 16.9. The van der Waals surface area contributed by atoms with Gasteiger partial charge in [0.25, 0.3) is 0 Å². The van der Waals surface area contributed by atoms with Gasteiger partial charge in [-0.25, -0.2) is 4.98 Å². The fraction of sp³-hybridized carbons (Fsp3) is 0.156. The van der Waals surface area contributed by atoms with E-state index in [0.717, 1.165) is 39.3 Å². The van der Waals surface area contributed by atoms with E-state index in [0.29, 0.717) is 35.8 Å². The van der Waals surface area contributed by atoms with Crippen LogP contribution < -0.4 is 10.1 Å². The highest BCUT2D eigenvalue weighted by molar-refractivity contribution is 5.91. The molecule has 1 fully saturated rings. The minimum atomic E-state index is -0.846. The Morgan fingerprint density at radius 1 is 0.923 bits per heavy atom. The van der Waals surface area contributed by atoms with E-state index in [9.17, 15) is 9.90 Å². The van der Waals surface area contributed by atoms with Crippen molar-refractivity contribution in [1.29, 1.82) is 0 Å². The molecule has 1 saturated carbocycles. The average Bonchev–Trinajstić information content (AvgIpc) is 3.72. The topological polar surface area (TPSA) is 97.5 Å². The van der Waals surface area contributed by atoms with Crippen molar-refractivity contribution in [3.05, 3.63) is 102 Å². The van der Waals surface area contributed by atoms with Crippen LogP contribution in [0.1, 0.15) is 24.1 Å². The molecule has 1 aliphatic rings. The van der Waals surface area contributed by atoms with Gasteiger partial charge in [0.05, 0.1) is 18.2 Å². The van der Waals surface area contributed by atoms with Gasteiger partial charge in [-0.3, -0.25) is 4.79 Å². The second kappa shape index (κ2) is 9.76. The molecule has 0 atom stereocenters. The number of rotatable bonds is 8. The number of pyridine rings is 1. The van der Waals surface area contributed by atoms with Gasteiger partial charge in [0.1, 0.15) is 22.9 Å². The van der Waals surface area contributed by atoms with Gasteiger partial charge in [0, 0.05) is 11.1 Å². The van der Waals surface area contributed by atoms with Gasteiger partial charge in [-0.1, -0.05) is 53.7 Å². The Labute approximate surface area is 226 Å². The minimum Gasteiger partial charge on any atom is -0.497 e. The average molecular weight is 518 g/mol. The summed E-state index contributed by atoms with van der Waals surface area (Å²) in [6.45, 7) is 1.87. The van der Waals surface area contributed by atoms with Gasteiger partial charge in [-0.2, -0.15) is 0 Å². The molecule has 0 amide bonds. The van der Waals surface area contributed by atoms with Crippen LogP contribution in [0, 0.1) is 6.92 Å². The summed E-state index contributed by atoms with van der Waals surface area (Å²) in [5, 5.41) is 17.6. The number of hydrogen-bond donors (Lipinski definition) is 2. The SMILES string of the molecule is COc1ccc(-c2cccc(Nc3c(C)noc3-c3cc(C4(C(=O)O)CC4)ccc3-c3ccccc3)n2)cc1. The molecule has 2 aromatic heterocycles. The molecule has 5 aromatic rings. The van der Waals surface area contributed by atoms with Gasteiger partial charge in [-0.05, 0) is 78.9 Å². The smallest absolute Gasteiger partial charge is 0.314 e. The number of anilines is 2. The van der Waals surface area contributed by atoms with E-state index in [4.69, 9.17) is 14.2 Å². The quantitative estimate of drug-likeness (QED) is 0.224. The molecule has 194 valence electrons. The van der Waals surface area contributed by atoms with Crippen LogP contribution in [0.15, 0.2) is 95.5 Å². The zero-order chi connectivity index (χ0) is 27.0. The third-order valence-corrected chi connectivity index (χ3v) is 7.31. The molecular formula is C32H27N3O4. The van der Waals surface area contributed by atoms with E-state index in [1.54, 1.807) is 7.11 Å². The number of methoxy groups -OCH3 is 1. The molecule has 0 radical (unpaired) electrons. The Kier molecular flexibility index (Phi) is 6.11. The van der Waals surface area contributed by atoms with Crippen molar-refractivity contribution < 1.29 is 19.2 Å². The molecule has 6 rings (SSSR count). The summed E-state index contributed by atoms with van der Waals surface area (Å²) in [5.74, 6) is 1.15. The number of aryl methyl sites for hydroxylation is 1. The summed E-state index contributed by atoms with van der Waals surface area (Å²) in [7, 11) is 1.64. The predicted molar refractivity (Wildman–Crippen MR) is 150 cm³/mol. The molecule has 7 heteroatoms. The number of carbonyl (C=O) groups is 1. The van der Waals surface area contributed by atoms with Crippen LogP contribution in [0.4, 0.5) is 11.5 Å². The first kappa shape index (κ1) is 24.4. The highest BCUT2D eigenvalue weighted by atomic mass is 16.5. The number of nitrogens with zero attached hydrogens (tertiary/aromatic N) is 2. The summed E-state index contributed by atoms with van der Waals surface area (Å²) in [6.07, 6.45) is 1.24. The fourth-order valence-electron chi connectivity index (χ4n) is 4.91. The Morgan fingerprint density at radius 3 is 2.38 bits per heavy atom. The lowest BCUT2D eigenvalue weighted by atomic mass is 9.89. The Morgan fingerprint density at radius 2 is 1.69 bits per heavy atom. The second-order valence-electron chi connectivity index (χ2n) is 9.75. The number of ether oxygens (including phenoxy) is 1. The zero-order valence-electron chi connectivity index (χ0n) is 21.6. The number of benzene rings is 3. The molecule has 2 heterocycles. The van der Waals surface area contributed by atoms with E-state index in [2.05, 4.69) is 10.5 Å². The van der Waals surface area contributed by atoms with Gasteiger partial charge >= 0.3 is 5.97 Å². The number of nitrogens with one attached hydrogen (secondary N) is 1. The Balaban J connectivity index is 1.42. The first-order valence-electron chi connectivity index (χ1n) is 12.8. The summed E-state index contributed by atoms with van der Waals surface area (Å²) in [5.41, 5.74) is 5.75. The molecule has 0 saturated heterocycles. The number of aromatic nitrogens is 2. The van der Waals surface area contributed by atoms with E-state index >= 15 is 0 Å². The standard InChI is InChI=1S/C32H27N3O4/c1-20-29(34-28-10-6-9-27(33-28)22-11-14-24(38-2)15-12-22)30(39-35-20)26-19-23(32(17-18-32)31(36)37)13-16-25(26)21-7-4-3-5-8-21/h3-16,19H,17-18H2,1-2H3,(H,33,34)(H,36,37). The minimum absolute atomic E-state index is 0.533. The fourth-order valence-corrected chi connectivity index (χ4v) is 4.91. The largest absolute Gasteiger partial charge is 0.497 e. The van der Waals surface area contributed by atoms with Crippen molar-refractivity contribution in [2.24, 2.45) is 0 Å². The molecular weight excluding hydrogens is 490 g/mol. The molecule has 2 N–H and O–H groups in total. The predicted octanol–water partition coefficient (Wildman–Crippen LogP) is 7.25. The molecule has 3 aromatic carbocycles. The second-order valence-corrected chi connectivity index (χ2v) is 9.75. The van der Waals surface area contributed by atoms with Crippen LogP contribution in [0.25, 0.3) is 33.7 Å². The highest BCUT2D eigenvalue weighted by Gasteiger charge is 2.52. The number of carboxylic acid groups (broad SMARTS) is 1. The maximum atomic E-state index is 12.1. The van der Waals surface area contributed by atoms with Crippen LogP contribution in [-0.4, -0.2) is 28.3 Å². The Hall–Kier alpha value is -4.91. The van der Waals surface area contributed by atoms with Crippen molar-refractivity contribution in [1.82, 2.24) is 10.1 Å². The first-order chi connectivity index (χ1) is 19.0. The van der Waals surface area contributed by atoms with Gasteiger partial charge < -0.3 is 19.7 Å². The molecule has 39 heavy (non-hydrogen) atoms. The number of carboxylic acids is 1. The van der Waals surface area contributed by atoms with E-state index in [1.807, 2.05) is 97.9 Å². The monoisotopic (exact) mass is 517 g/mol. The maximum Gasteiger partial charge on any atom is 0.314 e. The van der Waals surface area contributed by atoms with Crippen LogP contribution in [0.2, 0.25) is 0 Å². The molecule has 0 unspecified atom stereocenters. The summed E-state index contributed by atoms with van der Waals surface area (Å²) >= 11 is 0. The van der Waals surface area contributed by atoms with Crippen LogP contribution in [0.5, 0.6) is 5.75 Å². The van der Waals surface area contributed by atoms with Crippen molar-refractivity contribution in [2.45, 2.75) is 25.2 Å². The molecule has 1 aliphatic carbocycles. The maximum absolute atomic E-state index is 12.1. The molecule has 0 bridgehead atoms. The summed E-state index contributed by atoms with van der Waals surface area (Å²) < 4.78 is 11.2. The third-order valence-electron chi connectivity index (χ3n) is 7.31. The van der Waals surface area contributed by atoms with Crippen molar-refractivity contribution in [3.63, 3.8) is 0 Å². The lowest BCUT2D eigenvalue weighted by Gasteiger charge is -2.16. The van der Waals surface area contributed by atoms with E-state index in [-0.39, 0.29) is 0 Å². The number of hydrogen-bond acceptors (Lipinski definition) is 6. The third kappa shape index (κ3) is 4.52. The van der Waals surface area contributed by atoms with Gasteiger partial charge in [0.2, 0.25) is 0 Å². The van der Waals surface area contributed by atoms with Crippen LogP contribution in [-0.2, 0) is 10.2 Å². The van der Waals surface area contributed by atoms with Gasteiger partial charge in [-0.15, -0.1) is 0 Å². The van der Waals surface area contributed by atoms with Gasteiger partial charge in [0.15, 0.2) is 5.76 Å². The van der Waals surface area contributed by atoms with Crippen molar-refractivity contribution >= 4 is 17.5 Å². The Bertz CT molecular complexity index is 1660. The van der Waals surface area contributed by atoms with Crippen molar-refractivity contribution in [3.8, 4) is 39.5 Å².